The first-order valence-corrected chi connectivity index (χ1v) is 8.44. The number of rotatable bonds is 2. The lowest BCUT2D eigenvalue weighted by Crippen LogP contribution is -2.31. The molecule has 1 unspecified atom stereocenters. The van der Waals surface area contributed by atoms with Gasteiger partial charge in [0.15, 0.2) is 5.82 Å². The molecule has 6 nitrogen and oxygen atoms in total. The number of amides is 1. The van der Waals surface area contributed by atoms with Gasteiger partial charge in [0, 0.05) is 37.2 Å². The van der Waals surface area contributed by atoms with E-state index in [-0.39, 0.29) is 11.3 Å². The summed E-state index contributed by atoms with van der Waals surface area (Å²) in [5, 5.41) is 17.3. The van der Waals surface area contributed by atoms with E-state index in [1.165, 1.54) is 0 Å². The molecular weight excluding hydrogens is 314 g/mol. The summed E-state index contributed by atoms with van der Waals surface area (Å²) in [5.74, 6) is 1.04. The van der Waals surface area contributed by atoms with Crippen molar-refractivity contribution in [2.75, 3.05) is 29.4 Å². The molecule has 6 heteroatoms. The molecule has 1 aromatic carbocycles. The summed E-state index contributed by atoms with van der Waals surface area (Å²) in [6.45, 7) is 4.36. The third kappa shape index (κ3) is 2.82. The zero-order chi connectivity index (χ0) is 17.4. The number of nitrogens with zero attached hydrogens (tertiary/aromatic N) is 5. The van der Waals surface area contributed by atoms with Crippen LogP contribution < -0.4 is 9.80 Å². The van der Waals surface area contributed by atoms with Crippen LogP contribution in [0.4, 0.5) is 11.5 Å². The number of hydrogen-bond donors (Lipinski definition) is 0. The van der Waals surface area contributed by atoms with Crippen molar-refractivity contribution in [1.29, 1.82) is 5.26 Å². The Morgan fingerprint density at radius 1 is 1.12 bits per heavy atom. The van der Waals surface area contributed by atoms with Crippen molar-refractivity contribution < 1.29 is 4.79 Å². The average Bonchev–Trinajstić information content (AvgIpc) is 3.19. The van der Waals surface area contributed by atoms with Crippen LogP contribution in [-0.4, -0.2) is 35.7 Å². The number of benzene rings is 1. The Balaban J connectivity index is 1.51. The maximum Gasteiger partial charge on any atom is 0.227 e. The summed E-state index contributed by atoms with van der Waals surface area (Å²) in [7, 11) is 0. The lowest BCUT2D eigenvalue weighted by Gasteiger charge is -2.24. The van der Waals surface area contributed by atoms with Crippen LogP contribution in [-0.2, 0) is 4.79 Å². The van der Waals surface area contributed by atoms with Gasteiger partial charge in [-0.3, -0.25) is 4.79 Å². The lowest BCUT2D eigenvalue weighted by atomic mass is 9.86. The third-order valence-corrected chi connectivity index (χ3v) is 5.17. The van der Waals surface area contributed by atoms with Crippen molar-refractivity contribution in [3.05, 3.63) is 47.7 Å². The van der Waals surface area contributed by atoms with Crippen molar-refractivity contribution in [1.82, 2.24) is 10.2 Å². The van der Waals surface area contributed by atoms with Gasteiger partial charge in [-0.1, -0.05) is 0 Å². The molecule has 2 aromatic rings. The molecule has 0 radical (unpaired) electrons. The van der Waals surface area contributed by atoms with E-state index in [1.54, 1.807) is 12.1 Å². The highest BCUT2D eigenvalue weighted by atomic mass is 16.2. The molecule has 1 amide bonds. The summed E-state index contributed by atoms with van der Waals surface area (Å²) in [6, 6.07) is 13.3. The van der Waals surface area contributed by atoms with E-state index in [0.717, 1.165) is 36.7 Å². The van der Waals surface area contributed by atoms with Crippen LogP contribution in [0.5, 0.6) is 0 Å². The van der Waals surface area contributed by atoms with Crippen molar-refractivity contribution >= 4 is 17.4 Å². The van der Waals surface area contributed by atoms with Gasteiger partial charge in [0.2, 0.25) is 5.91 Å². The van der Waals surface area contributed by atoms with E-state index in [9.17, 15) is 4.79 Å². The van der Waals surface area contributed by atoms with Gasteiger partial charge in [-0.25, -0.2) is 0 Å². The van der Waals surface area contributed by atoms with E-state index >= 15 is 0 Å². The molecule has 0 aliphatic carbocycles. The van der Waals surface area contributed by atoms with E-state index in [2.05, 4.69) is 21.2 Å². The number of aryl methyl sites for hydroxylation is 1. The molecule has 2 aliphatic heterocycles. The summed E-state index contributed by atoms with van der Waals surface area (Å²) < 4.78 is 0. The molecule has 4 rings (SSSR count). The topological polar surface area (TPSA) is 73.1 Å². The molecule has 1 aromatic heterocycles. The van der Waals surface area contributed by atoms with E-state index in [0.29, 0.717) is 18.5 Å². The molecule has 3 heterocycles. The van der Waals surface area contributed by atoms with E-state index in [1.807, 2.05) is 36.1 Å². The second kappa shape index (κ2) is 5.85. The van der Waals surface area contributed by atoms with E-state index < -0.39 is 0 Å². The van der Waals surface area contributed by atoms with Crippen molar-refractivity contribution in [2.24, 2.45) is 5.41 Å². The van der Waals surface area contributed by atoms with Crippen LogP contribution in [0.25, 0.3) is 0 Å². The molecule has 2 fully saturated rings. The van der Waals surface area contributed by atoms with Crippen LogP contribution in [0.3, 0.4) is 0 Å². The standard InChI is InChI=1S/C19H19N5O/c1-14-2-7-17(22-21-14)23-9-8-19(12-23)10-18(25)24(13-19)16-5-3-15(11-20)4-6-16/h2-7H,8-10,12-13H2,1H3. The monoisotopic (exact) mass is 333 g/mol. The van der Waals surface area contributed by atoms with Gasteiger partial charge in [-0.05, 0) is 49.7 Å². The molecule has 126 valence electrons. The quantitative estimate of drug-likeness (QED) is 0.843. The summed E-state index contributed by atoms with van der Waals surface area (Å²) >= 11 is 0. The first-order chi connectivity index (χ1) is 12.1. The Morgan fingerprint density at radius 3 is 2.60 bits per heavy atom. The van der Waals surface area contributed by atoms with Crippen LogP contribution in [0.1, 0.15) is 24.1 Å². The zero-order valence-electron chi connectivity index (χ0n) is 14.1. The highest BCUT2D eigenvalue weighted by Crippen LogP contribution is 2.42. The summed E-state index contributed by atoms with van der Waals surface area (Å²) in [4.78, 5) is 16.7. The molecule has 25 heavy (non-hydrogen) atoms. The van der Waals surface area contributed by atoms with Gasteiger partial charge in [0.05, 0.1) is 17.3 Å². The predicted octanol–water partition coefficient (Wildman–Crippen LogP) is 2.29. The summed E-state index contributed by atoms with van der Waals surface area (Å²) in [6.07, 6.45) is 1.53. The van der Waals surface area contributed by atoms with Gasteiger partial charge >= 0.3 is 0 Å². The molecule has 1 atom stereocenters. The highest BCUT2D eigenvalue weighted by molar-refractivity contribution is 5.96. The second-order valence-electron chi connectivity index (χ2n) is 7.02. The fourth-order valence-corrected chi connectivity index (χ4v) is 3.81. The van der Waals surface area contributed by atoms with E-state index in [4.69, 9.17) is 5.26 Å². The SMILES string of the molecule is Cc1ccc(N2CCC3(CC(=O)N(c4ccc(C#N)cc4)C3)C2)nn1. The normalized spacial score (nSPS) is 22.6. The average molecular weight is 333 g/mol. The van der Waals surface area contributed by atoms with Gasteiger partial charge in [-0.2, -0.15) is 10.4 Å². The molecule has 1 spiro atoms. The molecule has 2 aliphatic rings. The van der Waals surface area contributed by atoms with Crippen molar-refractivity contribution in [3.8, 4) is 6.07 Å². The number of carbonyl (C=O) groups excluding carboxylic acids is 1. The van der Waals surface area contributed by atoms with Crippen molar-refractivity contribution in [3.63, 3.8) is 0 Å². The maximum absolute atomic E-state index is 12.6. The molecule has 2 saturated heterocycles. The van der Waals surface area contributed by atoms with Gasteiger partial charge in [0.1, 0.15) is 0 Å². The van der Waals surface area contributed by atoms with Crippen LogP contribution in [0.2, 0.25) is 0 Å². The Morgan fingerprint density at radius 2 is 1.92 bits per heavy atom. The minimum atomic E-state index is -0.0302. The Labute approximate surface area is 146 Å². The smallest absolute Gasteiger partial charge is 0.227 e. The van der Waals surface area contributed by atoms with Gasteiger partial charge in [0.25, 0.3) is 0 Å². The Hall–Kier alpha value is -2.94. The molecule has 0 saturated carbocycles. The minimum Gasteiger partial charge on any atom is -0.354 e. The highest BCUT2D eigenvalue weighted by Gasteiger charge is 2.48. The molecule has 0 bridgehead atoms. The first-order valence-electron chi connectivity index (χ1n) is 8.44. The fraction of sp³-hybridized carbons (Fsp3) is 0.368. The van der Waals surface area contributed by atoms with Crippen LogP contribution >= 0.6 is 0 Å². The van der Waals surface area contributed by atoms with Crippen molar-refractivity contribution in [2.45, 2.75) is 19.8 Å². The van der Waals surface area contributed by atoms with Crippen LogP contribution in [0.15, 0.2) is 36.4 Å². The number of carbonyl (C=O) groups is 1. The largest absolute Gasteiger partial charge is 0.354 e. The fourth-order valence-electron chi connectivity index (χ4n) is 3.81. The maximum atomic E-state index is 12.6. The Kier molecular flexibility index (Phi) is 3.65. The second-order valence-corrected chi connectivity index (χ2v) is 7.02. The predicted molar refractivity (Wildman–Crippen MR) is 94.2 cm³/mol. The van der Waals surface area contributed by atoms with Gasteiger partial charge in [-0.15, -0.1) is 5.10 Å². The number of hydrogen-bond acceptors (Lipinski definition) is 5. The molecular formula is C19H19N5O. The van der Waals surface area contributed by atoms with Crippen LogP contribution in [0, 0.1) is 23.7 Å². The number of aromatic nitrogens is 2. The number of anilines is 2. The Bertz CT molecular complexity index is 840. The lowest BCUT2D eigenvalue weighted by molar-refractivity contribution is -0.117. The number of nitriles is 1. The molecule has 0 N–H and O–H groups in total. The first kappa shape index (κ1) is 15.6. The van der Waals surface area contributed by atoms with Gasteiger partial charge < -0.3 is 9.80 Å². The minimum absolute atomic E-state index is 0.0302. The summed E-state index contributed by atoms with van der Waals surface area (Å²) in [5.41, 5.74) is 2.35. The zero-order valence-corrected chi connectivity index (χ0v) is 14.1. The third-order valence-electron chi connectivity index (χ3n) is 5.17.